The molecule has 4 unspecified atom stereocenters. The van der Waals surface area contributed by atoms with Crippen molar-refractivity contribution >= 4 is 46.1 Å². The van der Waals surface area contributed by atoms with Crippen LogP contribution >= 0.6 is 23.2 Å². The number of aromatic hydroxyl groups is 1. The summed E-state index contributed by atoms with van der Waals surface area (Å²) in [6.07, 6.45) is -3.11. The number of hydrogen-bond donors (Lipinski definition) is 5. The number of benzene rings is 2. The van der Waals surface area contributed by atoms with Crippen LogP contribution in [-0.4, -0.2) is 59.8 Å². The van der Waals surface area contributed by atoms with E-state index in [0.29, 0.717) is 33.7 Å². The quantitative estimate of drug-likeness (QED) is 0.222. The second-order valence-electron chi connectivity index (χ2n) is 8.57. The number of nitrogens with two attached hydrogens (primary N) is 1. The van der Waals surface area contributed by atoms with E-state index >= 15 is 0 Å². The van der Waals surface area contributed by atoms with Crippen molar-refractivity contribution in [3.8, 4) is 5.75 Å². The summed E-state index contributed by atoms with van der Waals surface area (Å²) in [7, 11) is 0. The van der Waals surface area contributed by atoms with Crippen molar-refractivity contribution in [2.45, 2.75) is 37.7 Å². The Hall–Kier alpha value is -3.19. The van der Waals surface area contributed by atoms with Gasteiger partial charge in [-0.05, 0) is 35.4 Å². The maximum Gasteiger partial charge on any atom is 0.207 e. The van der Waals surface area contributed by atoms with Crippen LogP contribution in [0.4, 0.5) is 11.8 Å². The van der Waals surface area contributed by atoms with Crippen molar-refractivity contribution in [3.05, 3.63) is 70.0 Å². The van der Waals surface area contributed by atoms with Crippen LogP contribution in [0.5, 0.6) is 5.75 Å². The second-order valence-corrected chi connectivity index (χ2v) is 9.38. The van der Waals surface area contributed by atoms with Crippen molar-refractivity contribution in [3.63, 3.8) is 0 Å². The number of anilines is 2. The Morgan fingerprint density at radius 1 is 1.03 bits per heavy atom. The van der Waals surface area contributed by atoms with E-state index in [4.69, 9.17) is 38.4 Å². The number of aromatic nitrogens is 4. The van der Waals surface area contributed by atoms with Gasteiger partial charge in [-0.15, -0.1) is 0 Å². The van der Waals surface area contributed by atoms with E-state index in [1.54, 1.807) is 41.0 Å². The van der Waals surface area contributed by atoms with Gasteiger partial charge in [0.05, 0.1) is 23.3 Å². The maximum atomic E-state index is 10.9. The van der Waals surface area contributed by atoms with E-state index in [0.717, 1.165) is 11.1 Å². The van der Waals surface area contributed by atoms with Crippen LogP contribution in [0.15, 0.2) is 48.8 Å². The van der Waals surface area contributed by atoms with Crippen LogP contribution in [0.3, 0.4) is 0 Å². The molecule has 2 aromatic carbocycles. The molecule has 11 nitrogen and oxygen atoms in total. The molecule has 6 N–H and O–H groups in total. The van der Waals surface area contributed by atoms with Crippen molar-refractivity contribution in [1.29, 1.82) is 0 Å². The third kappa shape index (κ3) is 5.28. The lowest BCUT2D eigenvalue weighted by atomic mass is 10.1. The molecular weight excluding hydrogens is 523 g/mol. The maximum absolute atomic E-state index is 10.9. The summed E-state index contributed by atoms with van der Waals surface area (Å²) in [5, 5.41) is 35.1. The third-order valence-electron chi connectivity index (χ3n) is 6.02. The highest BCUT2D eigenvalue weighted by Gasteiger charge is 2.45. The molecule has 194 valence electrons. The van der Waals surface area contributed by atoms with Gasteiger partial charge in [0.25, 0.3) is 0 Å². The first-order valence-electron chi connectivity index (χ1n) is 11.3. The number of aliphatic hydroxyl groups excluding tert-OH is 2. The molecular formula is C24H24Cl2N6O5. The molecule has 4 atom stereocenters. The van der Waals surface area contributed by atoms with E-state index in [1.165, 1.54) is 6.33 Å². The summed E-state index contributed by atoms with van der Waals surface area (Å²) in [4.78, 5) is 12.8. The van der Waals surface area contributed by atoms with Gasteiger partial charge in [0, 0.05) is 6.54 Å². The monoisotopic (exact) mass is 546 g/mol. The summed E-state index contributed by atoms with van der Waals surface area (Å²) in [6.45, 7) is 0.575. The molecule has 13 heteroatoms. The number of ether oxygens (including phenoxy) is 2. The third-order valence-corrected chi connectivity index (χ3v) is 6.76. The molecule has 0 aliphatic carbocycles. The first kappa shape index (κ1) is 25.5. The lowest BCUT2D eigenvalue weighted by molar-refractivity contribution is -0.0675. The summed E-state index contributed by atoms with van der Waals surface area (Å²) in [5.41, 5.74) is 8.34. The zero-order valence-electron chi connectivity index (χ0n) is 19.3. The zero-order chi connectivity index (χ0) is 26.1. The van der Waals surface area contributed by atoms with E-state index < -0.39 is 24.5 Å². The molecule has 0 saturated carbocycles. The SMILES string of the molecule is Nc1ncnc2c1nc(NCc1ccc(Cl)c(Cl)c1)n2C1OC(COCc2ccc(O)cc2)C(O)C1O. The number of imidazole rings is 1. The number of halogens is 2. The smallest absolute Gasteiger partial charge is 0.207 e. The Labute approximate surface area is 221 Å². The number of phenolic OH excluding ortho intramolecular Hbond substituents is 1. The van der Waals surface area contributed by atoms with Gasteiger partial charge < -0.3 is 35.8 Å². The fourth-order valence-corrected chi connectivity index (χ4v) is 4.41. The number of nitrogens with zero attached hydrogens (tertiary/aromatic N) is 4. The summed E-state index contributed by atoms with van der Waals surface area (Å²) in [5.74, 6) is 0.614. The number of aliphatic hydroxyl groups is 2. The van der Waals surface area contributed by atoms with Crippen molar-refractivity contribution in [1.82, 2.24) is 19.5 Å². The molecule has 4 aromatic rings. The molecule has 0 amide bonds. The Balaban J connectivity index is 1.36. The average Bonchev–Trinajstić information content (AvgIpc) is 3.39. The predicted molar refractivity (Wildman–Crippen MR) is 137 cm³/mol. The number of phenols is 1. The Morgan fingerprint density at radius 2 is 1.78 bits per heavy atom. The van der Waals surface area contributed by atoms with Gasteiger partial charge in [-0.2, -0.15) is 0 Å². The van der Waals surface area contributed by atoms with Crippen LogP contribution in [-0.2, 0) is 22.6 Å². The van der Waals surface area contributed by atoms with Crippen LogP contribution in [0.1, 0.15) is 17.4 Å². The van der Waals surface area contributed by atoms with Gasteiger partial charge in [-0.25, -0.2) is 15.0 Å². The minimum atomic E-state index is -1.30. The topological polar surface area (TPSA) is 161 Å². The minimum absolute atomic E-state index is 0.0192. The van der Waals surface area contributed by atoms with Crippen LogP contribution < -0.4 is 11.1 Å². The van der Waals surface area contributed by atoms with E-state index in [-0.39, 0.29) is 24.8 Å². The van der Waals surface area contributed by atoms with E-state index in [9.17, 15) is 15.3 Å². The lowest BCUT2D eigenvalue weighted by Gasteiger charge is -2.20. The molecule has 0 bridgehead atoms. The number of rotatable bonds is 8. The Kier molecular flexibility index (Phi) is 7.33. The first-order valence-corrected chi connectivity index (χ1v) is 12.1. The van der Waals surface area contributed by atoms with E-state index in [1.807, 2.05) is 6.07 Å². The van der Waals surface area contributed by atoms with Gasteiger partial charge in [0.15, 0.2) is 23.2 Å². The number of hydrogen-bond acceptors (Lipinski definition) is 10. The fourth-order valence-electron chi connectivity index (χ4n) is 4.09. The highest BCUT2D eigenvalue weighted by molar-refractivity contribution is 6.42. The van der Waals surface area contributed by atoms with Crippen LogP contribution in [0.2, 0.25) is 10.0 Å². The highest BCUT2D eigenvalue weighted by Crippen LogP contribution is 2.35. The van der Waals surface area contributed by atoms with Crippen molar-refractivity contribution in [2.24, 2.45) is 0 Å². The summed E-state index contributed by atoms with van der Waals surface area (Å²) >= 11 is 12.1. The first-order chi connectivity index (χ1) is 17.8. The Morgan fingerprint density at radius 3 is 2.54 bits per heavy atom. The molecule has 1 aliphatic heterocycles. The second kappa shape index (κ2) is 10.7. The van der Waals surface area contributed by atoms with E-state index in [2.05, 4.69) is 20.3 Å². The number of nitrogens with one attached hydrogen (secondary N) is 1. The van der Waals surface area contributed by atoms with Crippen LogP contribution in [0, 0.1) is 0 Å². The van der Waals surface area contributed by atoms with Gasteiger partial charge in [-0.1, -0.05) is 41.4 Å². The van der Waals surface area contributed by atoms with Gasteiger partial charge in [0.2, 0.25) is 5.95 Å². The number of nitrogen functional groups attached to an aromatic ring is 1. The molecule has 1 saturated heterocycles. The summed E-state index contributed by atoms with van der Waals surface area (Å²) < 4.78 is 13.3. The molecule has 2 aromatic heterocycles. The molecule has 0 spiro atoms. The standard InChI is InChI=1S/C24H24Cl2N6O5/c25-15-6-3-13(7-16(15)26)8-28-24-31-18-21(27)29-11-30-22(18)32(24)23-20(35)19(34)17(37-23)10-36-9-12-1-4-14(33)5-2-12/h1-7,11,17,19-20,23,33-35H,8-10H2,(H,28,31)(H2,27,29,30). The normalized spacial score (nSPS) is 21.5. The average molecular weight is 547 g/mol. The molecule has 1 fully saturated rings. The largest absolute Gasteiger partial charge is 0.508 e. The number of fused-ring (bicyclic) bond motifs is 1. The summed E-state index contributed by atoms with van der Waals surface area (Å²) in [6, 6.07) is 11.8. The molecule has 1 aliphatic rings. The van der Waals surface area contributed by atoms with Gasteiger partial charge >= 0.3 is 0 Å². The molecule has 37 heavy (non-hydrogen) atoms. The van der Waals surface area contributed by atoms with Crippen LogP contribution in [0.25, 0.3) is 11.2 Å². The van der Waals surface area contributed by atoms with Gasteiger partial charge in [-0.3, -0.25) is 4.57 Å². The van der Waals surface area contributed by atoms with Crippen molar-refractivity contribution in [2.75, 3.05) is 17.7 Å². The molecule has 0 radical (unpaired) electrons. The lowest BCUT2D eigenvalue weighted by Crippen LogP contribution is -2.34. The Bertz CT molecular complexity index is 1400. The van der Waals surface area contributed by atoms with Crippen molar-refractivity contribution < 1.29 is 24.8 Å². The zero-order valence-corrected chi connectivity index (χ0v) is 20.8. The predicted octanol–water partition coefficient (Wildman–Crippen LogP) is 2.87. The minimum Gasteiger partial charge on any atom is -0.508 e. The molecule has 3 heterocycles. The van der Waals surface area contributed by atoms with Gasteiger partial charge in [0.1, 0.15) is 30.4 Å². The highest BCUT2D eigenvalue weighted by atomic mass is 35.5. The molecule has 5 rings (SSSR count). The fraction of sp³-hybridized carbons (Fsp3) is 0.292.